The molecule has 7 heteroatoms. The van der Waals surface area contributed by atoms with Crippen molar-refractivity contribution in [1.29, 1.82) is 0 Å². The number of morpholine rings is 1. The fraction of sp³-hybridized carbons (Fsp3) is 0.409. The Balaban J connectivity index is 1.77. The number of nitrogens with zero attached hydrogens (tertiary/aromatic N) is 1. The Labute approximate surface area is 176 Å². The van der Waals surface area contributed by atoms with Gasteiger partial charge >= 0.3 is 0 Å². The molecule has 1 aliphatic rings. The van der Waals surface area contributed by atoms with Gasteiger partial charge in [-0.2, -0.15) is 0 Å². The molecule has 1 aliphatic heterocycles. The van der Waals surface area contributed by atoms with Crippen molar-refractivity contribution < 1.29 is 19.0 Å². The first-order valence-electron chi connectivity index (χ1n) is 9.65. The molecule has 29 heavy (non-hydrogen) atoms. The van der Waals surface area contributed by atoms with Crippen LogP contribution >= 0.6 is 11.6 Å². The lowest BCUT2D eigenvalue weighted by molar-refractivity contribution is -0.0380. The molecular formula is C22H27ClN2O4. The summed E-state index contributed by atoms with van der Waals surface area (Å²) < 4.78 is 16.6. The second-order valence-corrected chi connectivity index (χ2v) is 7.48. The van der Waals surface area contributed by atoms with E-state index in [0.29, 0.717) is 36.2 Å². The predicted molar refractivity (Wildman–Crippen MR) is 113 cm³/mol. The molecular weight excluding hydrogens is 392 g/mol. The Kier molecular flexibility index (Phi) is 7.89. The van der Waals surface area contributed by atoms with Crippen LogP contribution in [0.3, 0.4) is 0 Å². The zero-order valence-corrected chi connectivity index (χ0v) is 17.5. The van der Waals surface area contributed by atoms with Crippen molar-refractivity contribution in [3.05, 3.63) is 64.7 Å². The second kappa shape index (κ2) is 10.6. The number of rotatable bonds is 8. The van der Waals surface area contributed by atoms with E-state index in [4.69, 9.17) is 25.8 Å². The van der Waals surface area contributed by atoms with E-state index in [0.717, 1.165) is 18.7 Å². The van der Waals surface area contributed by atoms with Crippen LogP contribution in [0, 0.1) is 0 Å². The van der Waals surface area contributed by atoms with Crippen LogP contribution < -0.4 is 10.1 Å². The molecule has 1 amide bonds. The minimum absolute atomic E-state index is 0.153. The first-order valence-corrected chi connectivity index (χ1v) is 10.0. The summed E-state index contributed by atoms with van der Waals surface area (Å²) in [5, 5.41) is 3.79. The van der Waals surface area contributed by atoms with Gasteiger partial charge in [0.05, 0.1) is 25.4 Å². The number of ether oxygens (including phenoxy) is 3. The Morgan fingerprint density at radius 2 is 2.07 bits per heavy atom. The van der Waals surface area contributed by atoms with Crippen LogP contribution in [0.5, 0.6) is 5.75 Å². The molecule has 1 saturated heterocycles. The summed E-state index contributed by atoms with van der Waals surface area (Å²) in [7, 11) is 3.67. The summed E-state index contributed by atoms with van der Waals surface area (Å²) in [5.41, 5.74) is 1.48. The molecule has 2 aromatic rings. The first-order chi connectivity index (χ1) is 14.1. The van der Waals surface area contributed by atoms with Gasteiger partial charge in [-0.25, -0.2) is 0 Å². The number of amides is 1. The maximum Gasteiger partial charge on any atom is 0.251 e. The number of nitrogens with one attached hydrogen (secondary N) is 1. The third-order valence-electron chi connectivity index (χ3n) is 4.84. The van der Waals surface area contributed by atoms with E-state index in [1.807, 2.05) is 30.3 Å². The van der Waals surface area contributed by atoms with Crippen LogP contribution in [0.1, 0.15) is 22.0 Å². The van der Waals surface area contributed by atoms with Gasteiger partial charge in [0.2, 0.25) is 0 Å². The Morgan fingerprint density at radius 3 is 2.79 bits per heavy atom. The highest BCUT2D eigenvalue weighted by molar-refractivity contribution is 6.30. The third-order valence-corrected chi connectivity index (χ3v) is 5.09. The van der Waals surface area contributed by atoms with Crippen molar-refractivity contribution in [3.63, 3.8) is 0 Å². The van der Waals surface area contributed by atoms with Gasteiger partial charge in [-0.3, -0.25) is 4.79 Å². The topological polar surface area (TPSA) is 60.0 Å². The summed E-state index contributed by atoms with van der Waals surface area (Å²) in [4.78, 5) is 15.2. The quantitative estimate of drug-likeness (QED) is 0.667. The number of hydrogen-bond acceptors (Lipinski definition) is 5. The van der Waals surface area contributed by atoms with Crippen molar-refractivity contribution in [3.8, 4) is 5.75 Å². The molecule has 0 spiro atoms. The average Bonchev–Trinajstić information content (AvgIpc) is 2.73. The normalized spacial score (nSPS) is 18.2. The summed E-state index contributed by atoms with van der Waals surface area (Å²) in [6.45, 7) is 3.15. The van der Waals surface area contributed by atoms with Crippen LogP contribution in [0.2, 0.25) is 5.02 Å². The van der Waals surface area contributed by atoms with Gasteiger partial charge in [0.1, 0.15) is 12.4 Å². The zero-order valence-electron chi connectivity index (χ0n) is 16.8. The highest BCUT2D eigenvalue weighted by Gasteiger charge is 2.29. The molecule has 0 aliphatic carbocycles. The van der Waals surface area contributed by atoms with E-state index in [-0.39, 0.29) is 18.1 Å². The fourth-order valence-corrected chi connectivity index (χ4v) is 3.39. The van der Waals surface area contributed by atoms with E-state index >= 15 is 0 Å². The van der Waals surface area contributed by atoms with E-state index in [2.05, 4.69) is 17.3 Å². The van der Waals surface area contributed by atoms with Gasteiger partial charge in [-0.15, -0.1) is 0 Å². The third kappa shape index (κ3) is 6.18. The van der Waals surface area contributed by atoms with Crippen LogP contribution in [0.15, 0.2) is 48.5 Å². The van der Waals surface area contributed by atoms with Gasteiger partial charge in [0, 0.05) is 30.8 Å². The number of hydrogen-bond donors (Lipinski definition) is 1. The molecule has 0 aromatic heterocycles. The number of benzene rings is 2. The number of halogens is 1. The van der Waals surface area contributed by atoms with E-state index < -0.39 is 0 Å². The minimum Gasteiger partial charge on any atom is -0.491 e. The second-order valence-electron chi connectivity index (χ2n) is 7.04. The zero-order chi connectivity index (χ0) is 20.6. The molecule has 0 saturated carbocycles. The van der Waals surface area contributed by atoms with Crippen LogP contribution in [0.4, 0.5) is 0 Å². The number of carbonyl (C=O) groups is 1. The van der Waals surface area contributed by atoms with Gasteiger partial charge in [-0.05, 0) is 42.9 Å². The van der Waals surface area contributed by atoms with Crippen molar-refractivity contribution >= 4 is 17.5 Å². The van der Waals surface area contributed by atoms with Gasteiger partial charge in [0.15, 0.2) is 0 Å². The van der Waals surface area contributed by atoms with Gasteiger partial charge in [0.25, 0.3) is 5.91 Å². The van der Waals surface area contributed by atoms with Crippen molar-refractivity contribution in [2.75, 3.05) is 47.1 Å². The van der Waals surface area contributed by atoms with Crippen LogP contribution in [-0.2, 0) is 9.47 Å². The average molecular weight is 419 g/mol. The Bertz CT molecular complexity index is 800. The van der Waals surface area contributed by atoms with E-state index in [9.17, 15) is 4.79 Å². The van der Waals surface area contributed by atoms with E-state index in [1.54, 1.807) is 25.3 Å². The number of methoxy groups -OCH3 is 1. The smallest absolute Gasteiger partial charge is 0.251 e. The molecule has 1 N–H and O–H groups in total. The molecule has 0 bridgehead atoms. The first kappa shape index (κ1) is 21.6. The van der Waals surface area contributed by atoms with E-state index in [1.165, 1.54) is 0 Å². The monoisotopic (exact) mass is 418 g/mol. The number of carbonyl (C=O) groups excluding carboxylic acids is 1. The lowest BCUT2D eigenvalue weighted by Crippen LogP contribution is -2.48. The lowest BCUT2D eigenvalue weighted by Gasteiger charge is -2.35. The molecule has 2 aromatic carbocycles. The standard InChI is InChI=1S/C22H27ClN2O4/c1-25-10-11-29-20(15-25)21(16-6-8-18(23)9-7-16)24-22(26)17-4-3-5-19(14-17)28-13-12-27-2/h3-9,14,20-21H,10-13,15H2,1-2H3,(H,24,26). The van der Waals surface area contributed by atoms with Crippen LogP contribution in [-0.4, -0.2) is 64.0 Å². The molecule has 6 nitrogen and oxygen atoms in total. The highest BCUT2D eigenvalue weighted by atomic mass is 35.5. The Morgan fingerprint density at radius 1 is 1.28 bits per heavy atom. The maximum absolute atomic E-state index is 13.0. The molecule has 1 fully saturated rings. The summed E-state index contributed by atoms with van der Waals surface area (Å²) in [5.74, 6) is 0.449. The SMILES string of the molecule is COCCOc1cccc(C(=O)NC(c2ccc(Cl)cc2)C2CN(C)CCO2)c1. The summed E-state index contributed by atoms with van der Waals surface area (Å²) in [6.07, 6.45) is -0.153. The molecule has 1 heterocycles. The summed E-state index contributed by atoms with van der Waals surface area (Å²) >= 11 is 6.05. The fourth-order valence-electron chi connectivity index (χ4n) is 3.27. The van der Waals surface area contributed by atoms with Gasteiger partial charge in [-0.1, -0.05) is 29.8 Å². The van der Waals surface area contributed by atoms with Gasteiger partial charge < -0.3 is 24.4 Å². The highest BCUT2D eigenvalue weighted by Crippen LogP contribution is 2.25. The molecule has 3 rings (SSSR count). The molecule has 156 valence electrons. The van der Waals surface area contributed by atoms with Crippen molar-refractivity contribution in [2.45, 2.75) is 12.1 Å². The molecule has 2 unspecified atom stereocenters. The minimum atomic E-state index is -0.291. The van der Waals surface area contributed by atoms with Crippen molar-refractivity contribution in [1.82, 2.24) is 10.2 Å². The number of likely N-dealkylation sites (N-methyl/N-ethyl adjacent to an activating group) is 1. The lowest BCUT2D eigenvalue weighted by atomic mass is 9.99. The predicted octanol–water partition coefficient (Wildman–Crippen LogP) is 3.17. The van der Waals surface area contributed by atoms with Crippen molar-refractivity contribution in [2.24, 2.45) is 0 Å². The molecule has 0 radical (unpaired) electrons. The maximum atomic E-state index is 13.0. The largest absolute Gasteiger partial charge is 0.491 e. The molecule has 2 atom stereocenters. The Hall–Kier alpha value is -2.12. The van der Waals surface area contributed by atoms with Crippen LogP contribution in [0.25, 0.3) is 0 Å². The summed E-state index contributed by atoms with van der Waals surface area (Å²) in [6, 6.07) is 14.3.